The second-order valence-corrected chi connectivity index (χ2v) is 4.48. The van der Waals surface area contributed by atoms with Gasteiger partial charge < -0.3 is 5.41 Å². The van der Waals surface area contributed by atoms with Crippen LogP contribution in [0.5, 0.6) is 0 Å². The van der Waals surface area contributed by atoms with Gasteiger partial charge in [0.25, 0.3) is 0 Å². The van der Waals surface area contributed by atoms with Crippen LogP contribution in [0.25, 0.3) is 5.57 Å². The van der Waals surface area contributed by atoms with Gasteiger partial charge in [0.05, 0.1) is 0 Å². The summed E-state index contributed by atoms with van der Waals surface area (Å²) in [6.45, 7) is 12.0. The number of rotatable bonds is 4. The summed E-state index contributed by atoms with van der Waals surface area (Å²) in [5.74, 6) is 0. The van der Waals surface area contributed by atoms with Crippen LogP contribution in [0, 0.1) is 5.41 Å². The van der Waals surface area contributed by atoms with Gasteiger partial charge in [-0.05, 0) is 50.0 Å². The molecule has 0 bridgehead atoms. The highest BCUT2D eigenvalue weighted by Gasteiger charge is 2.09. The zero-order chi connectivity index (χ0) is 13.0. The molecule has 0 saturated carbocycles. The number of nitrogens with one attached hydrogen (secondary N) is 1. The SMILES string of the molecule is C=CC(=C(C)C)c1ccc(CC)cc1C(C)=N. The number of benzene rings is 1. The zero-order valence-electron chi connectivity index (χ0n) is 11.2. The Labute approximate surface area is 104 Å². The summed E-state index contributed by atoms with van der Waals surface area (Å²) in [6, 6.07) is 6.36. The lowest BCUT2D eigenvalue weighted by Gasteiger charge is -2.13. The summed E-state index contributed by atoms with van der Waals surface area (Å²) in [5.41, 5.74) is 6.37. The molecule has 0 fully saturated rings. The van der Waals surface area contributed by atoms with Crippen LogP contribution < -0.4 is 0 Å². The Kier molecular flexibility index (Phi) is 4.45. The molecule has 0 aliphatic rings. The molecule has 0 saturated heterocycles. The summed E-state index contributed by atoms with van der Waals surface area (Å²) < 4.78 is 0. The van der Waals surface area contributed by atoms with E-state index in [1.54, 1.807) is 0 Å². The van der Waals surface area contributed by atoms with E-state index in [1.807, 2.05) is 13.0 Å². The first-order valence-corrected chi connectivity index (χ1v) is 6.00. The van der Waals surface area contributed by atoms with Crippen molar-refractivity contribution in [2.75, 3.05) is 0 Å². The fourth-order valence-electron chi connectivity index (χ4n) is 1.94. The molecule has 0 aliphatic heterocycles. The first-order valence-electron chi connectivity index (χ1n) is 6.00. The molecule has 0 unspecified atom stereocenters. The quantitative estimate of drug-likeness (QED) is 0.573. The highest BCUT2D eigenvalue weighted by molar-refractivity contribution is 6.02. The van der Waals surface area contributed by atoms with E-state index in [2.05, 4.69) is 45.5 Å². The Balaban J connectivity index is 3.48. The minimum atomic E-state index is 0.607. The second-order valence-electron chi connectivity index (χ2n) is 4.48. The molecule has 0 spiro atoms. The lowest BCUT2D eigenvalue weighted by atomic mass is 9.92. The van der Waals surface area contributed by atoms with Crippen molar-refractivity contribution < 1.29 is 0 Å². The molecule has 17 heavy (non-hydrogen) atoms. The highest BCUT2D eigenvalue weighted by Crippen LogP contribution is 2.25. The summed E-state index contributed by atoms with van der Waals surface area (Å²) >= 11 is 0. The first-order chi connectivity index (χ1) is 8.01. The molecule has 0 heterocycles. The van der Waals surface area contributed by atoms with Crippen LogP contribution in [0.15, 0.2) is 36.4 Å². The Bertz CT molecular complexity index is 474. The van der Waals surface area contributed by atoms with Crippen molar-refractivity contribution in [3.8, 4) is 0 Å². The molecule has 1 nitrogen and oxygen atoms in total. The van der Waals surface area contributed by atoms with Gasteiger partial charge in [-0.3, -0.25) is 0 Å². The smallest absolute Gasteiger partial charge is 0.0361 e. The minimum absolute atomic E-state index is 0.607. The van der Waals surface area contributed by atoms with Crippen LogP contribution in [0.3, 0.4) is 0 Å². The van der Waals surface area contributed by atoms with Gasteiger partial charge in [0.15, 0.2) is 0 Å². The molecule has 90 valence electrons. The van der Waals surface area contributed by atoms with E-state index in [0.717, 1.165) is 23.1 Å². The van der Waals surface area contributed by atoms with Crippen LogP contribution in [0.1, 0.15) is 44.4 Å². The number of allylic oxidation sites excluding steroid dienone is 3. The topological polar surface area (TPSA) is 23.9 Å². The molecule has 1 N–H and O–H groups in total. The fraction of sp³-hybridized carbons (Fsp3) is 0.312. The van der Waals surface area contributed by atoms with E-state index >= 15 is 0 Å². The third kappa shape index (κ3) is 2.94. The second kappa shape index (κ2) is 5.62. The maximum atomic E-state index is 7.90. The third-order valence-corrected chi connectivity index (χ3v) is 2.93. The van der Waals surface area contributed by atoms with Gasteiger partial charge in [0.2, 0.25) is 0 Å². The largest absolute Gasteiger partial charge is 0.305 e. The molecule has 0 amide bonds. The van der Waals surface area contributed by atoms with Crippen molar-refractivity contribution in [2.24, 2.45) is 0 Å². The van der Waals surface area contributed by atoms with E-state index < -0.39 is 0 Å². The van der Waals surface area contributed by atoms with Crippen LogP contribution in [-0.2, 0) is 6.42 Å². The minimum Gasteiger partial charge on any atom is -0.305 e. The van der Waals surface area contributed by atoms with Gasteiger partial charge in [-0.1, -0.05) is 37.3 Å². The van der Waals surface area contributed by atoms with Crippen molar-refractivity contribution in [1.29, 1.82) is 5.41 Å². The molecule has 1 aromatic carbocycles. The van der Waals surface area contributed by atoms with Gasteiger partial charge in [-0.15, -0.1) is 0 Å². The van der Waals surface area contributed by atoms with Gasteiger partial charge in [0.1, 0.15) is 0 Å². The lowest BCUT2D eigenvalue weighted by Crippen LogP contribution is -2.01. The predicted molar refractivity (Wildman–Crippen MR) is 76.8 cm³/mol. The van der Waals surface area contributed by atoms with Crippen molar-refractivity contribution in [3.05, 3.63) is 53.1 Å². The Morgan fingerprint density at radius 1 is 1.24 bits per heavy atom. The molecule has 0 radical (unpaired) electrons. The maximum absolute atomic E-state index is 7.90. The van der Waals surface area contributed by atoms with Crippen molar-refractivity contribution in [1.82, 2.24) is 0 Å². The molecule has 1 rings (SSSR count). The monoisotopic (exact) mass is 227 g/mol. The van der Waals surface area contributed by atoms with Crippen LogP contribution >= 0.6 is 0 Å². The zero-order valence-corrected chi connectivity index (χ0v) is 11.2. The molecule has 0 aliphatic carbocycles. The number of hydrogen-bond acceptors (Lipinski definition) is 1. The summed E-state index contributed by atoms with van der Waals surface area (Å²) in [5, 5.41) is 7.90. The predicted octanol–water partition coefficient (Wildman–Crippen LogP) is 4.62. The van der Waals surface area contributed by atoms with Gasteiger partial charge in [-0.2, -0.15) is 0 Å². The summed E-state index contributed by atoms with van der Waals surface area (Å²) in [7, 11) is 0. The average Bonchev–Trinajstić information content (AvgIpc) is 2.29. The van der Waals surface area contributed by atoms with Crippen LogP contribution in [0.4, 0.5) is 0 Å². The summed E-state index contributed by atoms with van der Waals surface area (Å²) in [4.78, 5) is 0. The average molecular weight is 227 g/mol. The molecular weight excluding hydrogens is 206 g/mol. The third-order valence-electron chi connectivity index (χ3n) is 2.93. The van der Waals surface area contributed by atoms with E-state index in [1.165, 1.54) is 11.1 Å². The molecule has 1 aromatic rings. The first kappa shape index (κ1) is 13.4. The van der Waals surface area contributed by atoms with Gasteiger partial charge >= 0.3 is 0 Å². The maximum Gasteiger partial charge on any atom is 0.0361 e. The van der Waals surface area contributed by atoms with Crippen LogP contribution in [0.2, 0.25) is 0 Å². The molecular formula is C16H21N. The van der Waals surface area contributed by atoms with E-state index in [0.29, 0.717) is 5.71 Å². The van der Waals surface area contributed by atoms with Crippen molar-refractivity contribution in [3.63, 3.8) is 0 Å². The molecule has 0 aromatic heterocycles. The van der Waals surface area contributed by atoms with Gasteiger partial charge in [0, 0.05) is 11.3 Å². The Hall–Kier alpha value is -1.63. The van der Waals surface area contributed by atoms with Crippen molar-refractivity contribution in [2.45, 2.75) is 34.1 Å². The van der Waals surface area contributed by atoms with E-state index in [9.17, 15) is 0 Å². The molecule has 1 heteroatoms. The van der Waals surface area contributed by atoms with E-state index in [4.69, 9.17) is 5.41 Å². The lowest BCUT2D eigenvalue weighted by molar-refractivity contribution is 1.13. The van der Waals surface area contributed by atoms with Gasteiger partial charge in [-0.25, -0.2) is 0 Å². The normalized spacial score (nSPS) is 9.88. The summed E-state index contributed by atoms with van der Waals surface area (Å²) in [6.07, 6.45) is 2.88. The standard InChI is InChI=1S/C16H21N/c1-6-13-8-9-15(14(7-2)11(3)4)16(10-13)12(5)17/h7-10,17H,2,6H2,1,3-5H3. The molecule has 0 atom stereocenters. The Morgan fingerprint density at radius 2 is 1.88 bits per heavy atom. The van der Waals surface area contributed by atoms with E-state index in [-0.39, 0.29) is 0 Å². The number of aryl methyl sites for hydroxylation is 1. The Morgan fingerprint density at radius 3 is 2.29 bits per heavy atom. The van der Waals surface area contributed by atoms with Crippen LogP contribution in [-0.4, -0.2) is 5.71 Å². The fourth-order valence-corrected chi connectivity index (χ4v) is 1.94. The highest BCUT2D eigenvalue weighted by atomic mass is 14.4. The van der Waals surface area contributed by atoms with Crippen molar-refractivity contribution >= 4 is 11.3 Å². The number of hydrogen-bond donors (Lipinski definition) is 1.